The maximum absolute atomic E-state index is 12.3. The summed E-state index contributed by atoms with van der Waals surface area (Å²) in [5, 5.41) is 6.74. The Hall–Kier alpha value is -1.59. The summed E-state index contributed by atoms with van der Waals surface area (Å²) in [7, 11) is 1.62. The van der Waals surface area contributed by atoms with Crippen LogP contribution in [0.3, 0.4) is 0 Å². The number of fused-ring (bicyclic) bond motifs is 1. The Labute approximate surface area is 122 Å². The van der Waals surface area contributed by atoms with Crippen LogP contribution in [0, 0.1) is 0 Å². The van der Waals surface area contributed by atoms with Gasteiger partial charge in [0.1, 0.15) is 5.54 Å². The van der Waals surface area contributed by atoms with E-state index in [1.54, 1.807) is 7.11 Å². The zero-order chi connectivity index (χ0) is 14.2. The van der Waals surface area contributed by atoms with Crippen molar-refractivity contribution >= 4 is 23.5 Å². The lowest BCUT2D eigenvalue weighted by atomic mass is 9.96. The number of carbonyl (C=O) groups excluding carboxylic acids is 1. The number of methoxy groups -OCH3 is 1. The number of amides is 1. The molecule has 1 aromatic rings. The Balaban J connectivity index is 1.79. The second-order valence-corrected chi connectivity index (χ2v) is 5.59. The molecule has 1 amide bonds. The van der Waals surface area contributed by atoms with E-state index in [4.69, 9.17) is 16.3 Å². The number of hydrogen-bond donors (Lipinski definition) is 2. The number of nitrogens with one attached hydrogen (secondary N) is 2. The first kappa shape index (κ1) is 13.4. The van der Waals surface area contributed by atoms with Crippen LogP contribution in [0.2, 0.25) is 5.02 Å². The molecule has 20 heavy (non-hydrogen) atoms. The Morgan fingerprint density at radius 3 is 3.00 bits per heavy atom. The highest BCUT2D eigenvalue weighted by Crippen LogP contribution is 2.33. The second kappa shape index (κ2) is 5.07. The van der Waals surface area contributed by atoms with Crippen molar-refractivity contribution in [1.29, 1.82) is 0 Å². The van der Waals surface area contributed by atoms with E-state index >= 15 is 0 Å². The molecular formula is C14H16ClN3O2. The zero-order valence-electron chi connectivity index (χ0n) is 11.2. The van der Waals surface area contributed by atoms with Crippen LogP contribution in [0.25, 0.3) is 0 Å². The van der Waals surface area contributed by atoms with Gasteiger partial charge >= 0.3 is 0 Å². The standard InChI is InChI=1S/C14H16ClN3O2/c1-20-5-4-16-13-17-12(19)14(18-13)7-9-2-3-11(15)6-10(9)8-14/h2-3,6H,4-5,7-8H2,1H3,(H2,16,17,18,19). The quantitative estimate of drug-likeness (QED) is 0.814. The van der Waals surface area contributed by atoms with Crippen molar-refractivity contribution in [2.45, 2.75) is 18.4 Å². The number of aliphatic imine (C=N–C) groups is 1. The normalized spacial score (nSPS) is 25.9. The molecule has 1 spiro atoms. The maximum atomic E-state index is 12.3. The molecule has 1 saturated heterocycles. The molecule has 1 unspecified atom stereocenters. The number of ether oxygens (including phenoxy) is 1. The molecule has 1 atom stereocenters. The van der Waals surface area contributed by atoms with Gasteiger partial charge in [0.15, 0.2) is 5.96 Å². The molecule has 0 aromatic heterocycles. The van der Waals surface area contributed by atoms with E-state index in [0.717, 1.165) is 11.1 Å². The third-order valence-corrected chi connectivity index (χ3v) is 3.98. The van der Waals surface area contributed by atoms with Gasteiger partial charge in [-0.25, -0.2) is 0 Å². The monoisotopic (exact) mass is 293 g/mol. The fourth-order valence-electron chi connectivity index (χ4n) is 2.76. The van der Waals surface area contributed by atoms with Gasteiger partial charge in [-0.1, -0.05) is 17.7 Å². The minimum absolute atomic E-state index is 0.0269. The van der Waals surface area contributed by atoms with Crippen molar-refractivity contribution in [3.63, 3.8) is 0 Å². The summed E-state index contributed by atoms with van der Waals surface area (Å²) < 4.78 is 4.95. The number of hydrogen-bond acceptors (Lipinski definition) is 3. The minimum Gasteiger partial charge on any atom is -0.383 e. The maximum Gasteiger partial charge on any atom is 0.253 e. The highest BCUT2D eigenvalue weighted by atomic mass is 35.5. The SMILES string of the molecule is COCCN=C1NC(=O)C2(Cc3ccc(Cl)cc3C2)N1. The molecule has 5 nitrogen and oxygen atoms in total. The summed E-state index contributed by atoms with van der Waals surface area (Å²) in [4.78, 5) is 16.6. The van der Waals surface area contributed by atoms with E-state index in [2.05, 4.69) is 15.6 Å². The van der Waals surface area contributed by atoms with Crippen molar-refractivity contribution in [2.75, 3.05) is 20.3 Å². The van der Waals surface area contributed by atoms with Crippen LogP contribution in [0.4, 0.5) is 0 Å². The number of carbonyl (C=O) groups is 1. The van der Waals surface area contributed by atoms with Gasteiger partial charge in [0.05, 0.1) is 13.2 Å². The molecule has 3 rings (SSSR count). The minimum atomic E-state index is -0.612. The van der Waals surface area contributed by atoms with Crippen molar-refractivity contribution in [1.82, 2.24) is 10.6 Å². The topological polar surface area (TPSA) is 62.7 Å². The number of halogens is 1. The summed E-state index contributed by atoms with van der Waals surface area (Å²) >= 11 is 6.01. The fourth-order valence-corrected chi connectivity index (χ4v) is 2.96. The first-order chi connectivity index (χ1) is 9.63. The van der Waals surface area contributed by atoms with Gasteiger partial charge < -0.3 is 10.1 Å². The molecule has 2 N–H and O–H groups in total. The number of nitrogens with zero attached hydrogens (tertiary/aromatic N) is 1. The van der Waals surface area contributed by atoms with Gasteiger partial charge in [0.2, 0.25) is 0 Å². The average Bonchev–Trinajstić information content (AvgIpc) is 2.91. The first-order valence-electron chi connectivity index (χ1n) is 6.53. The van der Waals surface area contributed by atoms with E-state index in [1.165, 1.54) is 0 Å². The molecule has 0 saturated carbocycles. The Bertz CT molecular complexity index is 588. The lowest BCUT2D eigenvalue weighted by Crippen LogP contribution is -2.47. The molecule has 1 aliphatic carbocycles. The van der Waals surface area contributed by atoms with Gasteiger partial charge in [-0.2, -0.15) is 0 Å². The lowest BCUT2D eigenvalue weighted by Gasteiger charge is -2.19. The van der Waals surface area contributed by atoms with Gasteiger partial charge in [0, 0.05) is 25.0 Å². The molecule has 0 radical (unpaired) electrons. The largest absolute Gasteiger partial charge is 0.383 e. The van der Waals surface area contributed by atoms with E-state index in [1.807, 2.05) is 18.2 Å². The fraction of sp³-hybridized carbons (Fsp3) is 0.429. The molecule has 106 valence electrons. The van der Waals surface area contributed by atoms with Crippen LogP contribution >= 0.6 is 11.6 Å². The lowest BCUT2D eigenvalue weighted by molar-refractivity contribution is -0.123. The molecule has 1 fully saturated rings. The van der Waals surface area contributed by atoms with Gasteiger partial charge in [-0.05, 0) is 23.3 Å². The van der Waals surface area contributed by atoms with Crippen molar-refractivity contribution in [3.05, 3.63) is 34.3 Å². The molecule has 1 aromatic carbocycles. The van der Waals surface area contributed by atoms with Crippen LogP contribution in [-0.4, -0.2) is 37.7 Å². The van der Waals surface area contributed by atoms with Crippen molar-refractivity contribution in [3.8, 4) is 0 Å². The summed E-state index contributed by atoms with van der Waals surface area (Å²) in [5.41, 5.74) is 1.67. The van der Waals surface area contributed by atoms with Crippen LogP contribution < -0.4 is 10.6 Å². The van der Waals surface area contributed by atoms with Crippen LogP contribution in [-0.2, 0) is 22.4 Å². The summed E-state index contributed by atoms with van der Waals surface area (Å²) in [5.74, 6) is 0.506. The molecular weight excluding hydrogens is 278 g/mol. The predicted octanol–water partition coefficient (Wildman–Crippen LogP) is 0.899. The van der Waals surface area contributed by atoms with E-state index < -0.39 is 5.54 Å². The van der Waals surface area contributed by atoms with Crippen molar-refractivity contribution < 1.29 is 9.53 Å². The van der Waals surface area contributed by atoms with Crippen LogP contribution in [0.5, 0.6) is 0 Å². The third-order valence-electron chi connectivity index (χ3n) is 3.74. The number of guanidine groups is 1. The van der Waals surface area contributed by atoms with Gasteiger partial charge in [0.25, 0.3) is 5.91 Å². The molecule has 1 aliphatic heterocycles. The Kier molecular flexibility index (Phi) is 3.40. The third kappa shape index (κ3) is 2.27. The average molecular weight is 294 g/mol. The van der Waals surface area contributed by atoms with E-state index in [9.17, 15) is 4.79 Å². The molecule has 6 heteroatoms. The first-order valence-corrected chi connectivity index (χ1v) is 6.91. The molecule has 0 bridgehead atoms. The molecule has 2 aliphatic rings. The Morgan fingerprint density at radius 2 is 2.20 bits per heavy atom. The molecule has 1 heterocycles. The predicted molar refractivity (Wildman–Crippen MR) is 77.0 cm³/mol. The summed E-state index contributed by atoms with van der Waals surface area (Å²) in [6.45, 7) is 1.05. The van der Waals surface area contributed by atoms with Crippen LogP contribution in [0.1, 0.15) is 11.1 Å². The smallest absolute Gasteiger partial charge is 0.253 e. The number of rotatable bonds is 3. The zero-order valence-corrected chi connectivity index (χ0v) is 12.0. The van der Waals surface area contributed by atoms with E-state index in [-0.39, 0.29) is 5.91 Å². The van der Waals surface area contributed by atoms with Gasteiger partial charge in [-0.15, -0.1) is 0 Å². The number of benzene rings is 1. The Morgan fingerprint density at radius 1 is 1.40 bits per heavy atom. The summed E-state index contributed by atoms with van der Waals surface area (Å²) in [6.07, 6.45) is 1.30. The highest BCUT2D eigenvalue weighted by Gasteiger charge is 2.49. The van der Waals surface area contributed by atoms with E-state index in [0.29, 0.717) is 37.0 Å². The highest BCUT2D eigenvalue weighted by molar-refractivity contribution is 6.30. The van der Waals surface area contributed by atoms with Crippen LogP contribution in [0.15, 0.2) is 23.2 Å². The van der Waals surface area contributed by atoms with Crippen molar-refractivity contribution in [2.24, 2.45) is 4.99 Å². The van der Waals surface area contributed by atoms with Gasteiger partial charge in [-0.3, -0.25) is 15.1 Å². The summed E-state index contributed by atoms with van der Waals surface area (Å²) in [6, 6.07) is 5.78. The second-order valence-electron chi connectivity index (χ2n) is 5.15.